The van der Waals surface area contributed by atoms with Crippen LogP contribution in [0.3, 0.4) is 0 Å². The Morgan fingerprint density at radius 3 is 2.08 bits per heavy atom. The van der Waals surface area contributed by atoms with Crippen molar-refractivity contribution >= 4 is 28.7 Å². The lowest BCUT2D eigenvalue weighted by atomic mass is 10.0. The summed E-state index contributed by atoms with van der Waals surface area (Å²) in [6.07, 6.45) is 3.74. The SMILES string of the molecule is CCNC(=S)/C(=C(\O)c1ccc(-c2ccccc2)cc1)[n+]1ccccc1. The summed E-state index contributed by atoms with van der Waals surface area (Å²) in [5.41, 5.74) is 3.53. The molecule has 0 aliphatic carbocycles. The van der Waals surface area contributed by atoms with E-state index in [-0.39, 0.29) is 5.76 Å². The maximum absolute atomic E-state index is 10.9. The van der Waals surface area contributed by atoms with Crippen LogP contribution >= 0.6 is 12.2 Å². The third-order valence-corrected chi connectivity index (χ3v) is 4.35. The fourth-order valence-corrected chi connectivity index (χ4v) is 3.07. The van der Waals surface area contributed by atoms with Gasteiger partial charge in [-0.25, -0.2) is 0 Å². The maximum Gasteiger partial charge on any atom is 0.287 e. The van der Waals surface area contributed by atoms with Crippen molar-refractivity contribution in [2.75, 3.05) is 6.54 Å². The number of thiocarbonyl (C=S) groups is 1. The molecule has 1 heterocycles. The fourth-order valence-electron chi connectivity index (χ4n) is 2.73. The molecular weight excluding hydrogens is 340 g/mol. The van der Waals surface area contributed by atoms with Crippen LogP contribution in [0.15, 0.2) is 85.2 Å². The van der Waals surface area contributed by atoms with Crippen molar-refractivity contribution in [1.82, 2.24) is 5.32 Å². The number of pyridine rings is 1. The van der Waals surface area contributed by atoms with E-state index in [1.165, 1.54) is 0 Å². The quantitative estimate of drug-likeness (QED) is 0.305. The van der Waals surface area contributed by atoms with Crippen molar-refractivity contribution in [3.8, 4) is 11.1 Å². The second kappa shape index (κ2) is 8.41. The van der Waals surface area contributed by atoms with Gasteiger partial charge in [0.25, 0.3) is 5.70 Å². The second-order valence-electron chi connectivity index (χ2n) is 5.78. The number of benzene rings is 2. The first kappa shape index (κ1) is 17.8. The molecule has 0 unspecified atom stereocenters. The van der Waals surface area contributed by atoms with Gasteiger partial charge in [-0.15, -0.1) is 0 Å². The summed E-state index contributed by atoms with van der Waals surface area (Å²) >= 11 is 5.49. The first-order chi connectivity index (χ1) is 12.7. The van der Waals surface area contributed by atoms with Crippen molar-refractivity contribution in [2.45, 2.75) is 6.92 Å². The average molecular weight is 361 g/mol. The van der Waals surface area contributed by atoms with Gasteiger partial charge >= 0.3 is 0 Å². The van der Waals surface area contributed by atoms with Gasteiger partial charge in [-0.3, -0.25) is 0 Å². The standard InChI is InChI=1S/C22H20N2OS/c1-2-23-22(26)20(24-15-7-4-8-16-24)21(25)19-13-11-18(12-14-19)17-9-5-3-6-10-17/h3-16H,2H2,1H3,(H-,23,25,26)/p+1. The van der Waals surface area contributed by atoms with Crippen LogP contribution < -0.4 is 9.88 Å². The Morgan fingerprint density at radius 1 is 0.885 bits per heavy atom. The molecule has 0 aliphatic heterocycles. The third-order valence-electron chi connectivity index (χ3n) is 4.02. The maximum atomic E-state index is 10.9. The highest BCUT2D eigenvalue weighted by atomic mass is 32.1. The third kappa shape index (κ3) is 3.98. The number of hydrogen-bond acceptors (Lipinski definition) is 2. The van der Waals surface area contributed by atoms with Crippen molar-refractivity contribution in [1.29, 1.82) is 0 Å². The molecule has 26 heavy (non-hydrogen) atoms. The number of hydrogen-bond donors (Lipinski definition) is 2. The smallest absolute Gasteiger partial charge is 0.287 e. The van der Waals surface area contributed by atoms with Gasteiger partial charge in [-0.2, -0.15) is 4.57 Å². The van der Waals surface area contributed by atoms with Crippen molar-refractivity contribution in [2.24, 2.45) is 0 Å². The normalized spacial score (nSPS) is 11.6. The summed E-state index contributed by atoms with van der Waals surface area (Å²) in [4.78, 5) is 0.508. The molecule has 0 saturated heterocycles. The zero-order chi connectivity index (χ0) is 18.4. The van der Waals surface area contributed by atoms with E-state index in [0.717, 1.165) is 16.7 Å². The highest BCUT2D eigenvalue weighted by Gasteiger charge is 2.22. The van der Waals surface area contributed by atoms with Gasteiger partial charge in [0.1, 0.15) is 0 Å². The van der Waals surface area contributed by atoms with E-state index in [1.807, 2.05) is 84.5 Å². The highest BCUT2D eigenvalue weighted by Crippen LogP contribution is 2.23. The van der Waals surface area contributed by atoms with Crippen molar-refractivity contribution in [3.05, 3.63) is 90.8 Å². The molecular formula is C22H21N2OS+. The Balaban J connectivity index is 2.02. The lowest BCUT2D eigenvalue weighted by molar-refractivity contribution is -0.576. The van der Waals surface area contributed by atoms with E-state index in [0.29, 0.717) is 17.2 Å². The lowest BCUT2D eigenvalue weighted by Crippen LogP contribution is -2.40. The van der Waals surface area contributed by atoms with Gasteiger partial charge in [0, 0.05) is 24.2 Å². The monoisotopic (exact) mass is 361 g/mol. The Bertz CT molecular complexity index is 904. The van der Waals surface area contributed by atoms with Gasteiger partial charge < -0.3 is 10.4 Å². The molecule has 2 N–H and O–H groups in total. The largest absolute Gasteiger partial charge is 0.502 e. The minimum absolute atomic E-state index is 0.145. The molecule has 0 fully saturated rings. The first-order valence-electron chi connectivity index (χ1n) is 8.54. The molecule has 130 valence electrons. The molecule has 3 aromatic rings. The molecule has 3 nitrogen and oxygen atoms in total. The van der Waals surface area contributed by atoms with Gasteiger partial charge in [0.2, 0.25) is 0 Å². The van der Waals surface area contributed by atoms with Crippen LogP contribution in [-0.2, 0) is 0 Å². The number of likely N-dealkylation sites (N-methyl/N-ethyl adjacent to an activating group) is 1. The number of aliphatic hydroxyl groups is 1. The van der Waals surface area contributed by atoms with Crippen LogP contribution in [0.5, 0.6) is 0 Å². The van der Waals surface area contributed by atoms with Crippen LogP contribution in [0.1, 0.15) is 12.5 Å². The number of aliphatic hydroxyl groups excluding tert-OH is 1. The predicted octanol–water partition coefficient (Wildman–Crippen LogP) is 4.46. The number of rotatable bonds is 5. The summed E-state index contributed by atoms with van der Waals surface area (Å²) in [5.74, 6) is 0.145. The minimum Gasteiger partial charge on any atom is -0.502 e. The van der Waals surface area contributed by atoms with E-state index in [9.17, 15) is 5.11 Å². The van der Waals surface area contributed by atoms with Gasteiger partial charge in [-0.05, 0) is 18.1 Å². The molecule has 0 spiro atoms. The Morgan fingerprint density at radius 2 is 1.46 bits per heavy atom. The first-order valence-corrected chi connectivity index (χ1v) is 8.95. The molecule has 0 atom stereocenters. The minimum atomic E-state index is 0.145. The summed E-state index contributed by atoms with van der Waals surface area (Å²) in [6.45, 7) is 2.67. The topological polar surface area (TPSA) is 36.1 Å². The second-order valence-corrected chi connectivity index (χ2v) is 6.19. The van der Waals surface area contributed by atoms with E-state index >= 15 is 0 Å². The molecule has 3 rings (SSSR count). The molecule has 2 aromatic carbocycles. The molecule has 0 radical (unpaired) electrons. The van der Waals surface area contributed by atoms with Crippen molar-refractivity contribution in [3.63, 3.8) is 0 Å². The lowest BCUT2D eigenvalue weighted by Gasteiger charge is -2.09. The van der Waals surface area contributed by atoms with E-state index in [2.05, 4.69) is 17.4 Å². The van der Waals surface area contributed by atoms with Gasteiger partial charge in [-0.1, -0.05) is 72.9 Å². The summed E-state index contributed by atoms with van der Waals surface area (Å²) in [7, 11) is 0. The van der Waals surface area contributed by atoms with Gasteiger partial charge in [0.05, 0.1) is 0 Å². The molecule has 0 aliphatic rings. The molecule has 0 amide bonds. The summed E-state index contributed by atoms with van der Waals surface area (Å²) < 4.78 is 1.82. The van der Waals surface area contributed by atoms with Crippen LogP contribution in [0.25, 0.3) is 22.6 Å². The highest BCUT2D eigenvalue weighted by molar-refractivity contribution is 7.81. The van der Waals surface area contributed by atoms with Crippen LogP contribution in [-0.4, -0.2) is 16.6 Å². The molecule has 0 bridgehead atoms. The summed E-state index contributed by atoms with van der Waals surface area (Å²) in [6, 6.07) is 23.7. The zero-order valence-electron chi connectivity index (χ0n) is 14.6. The average Bonchev–Trinajstić information content (AvgIpc) is 2.70. The summed E-state index contributed by atoms with van der Waals surface area (Å²) in [5, 5.41) is 14.0. The number of nitrogens with zero attached hydrogens (tertiary/aromatic N) is 1. The number of nitrogens with one attached hydrogen (secondary N) is 1. The Labute approximate surface area is 159 Å². The van der Waals surface area contributed by atoms with Crippen LogP contribution in [0.4, 0.5) is 0 Å². The van der Waals surface area contributed by atoms with Crippen molar-refractivity contribution < 1.29 is 9.67 Å². The van der Waals surface area contributed by atoms with Crippen LogP contribution in [0, 0.1) is 0 Å². The molecule has 1 aromatic heterocycles. The Hall–Kier alpha value is -2.98. The predicted molar refractivity (Wildman–Crippen MR) is 111 cm³/mol. The zero-order valence-corrected chi connectivity index (χ0v) is 15.4. The fraction of sp³-hybridized carbons (Fsp3) is 0.0909. The van der Waals surface area contributed by atoms with Gasteiger partial charge in [0.15, 0.2) is 23.1 Å². The van der Waals surface area contributed by atoms with E-state index in [4.69, 9.17) is 12.2 Å². The van der Waals surface area contributed by atoms with E-state index in [1.54, 1.807) is 0 Å². The molecule has 0 saturated carbocycles. The van der Waals surface area contributed by atoms with Crippen LogP contribution in [0.2, 0.25) is 0 Å². The molecule has 4 heteroatoms. The van der Waals surface area contributed by atoms with E-state index < -0.39 is 0 Å². The Kier molecular flexibility index (Phi) is 5.77. The number of aromatic nitrogens is 1.